The standard InChI is InChI=1S/C14H21NO3/c1-5-8-15-10(2)14(16)12-7-6-11(17-3)9-13(12)18-4/h5-7,9-10,14-16H,1,8H2,2-4H3. The predicted molar refractivity (Wildman–Crippen MR) is 72.2 cm³/mol. The summed E-state index contributed by atoms with van der Waals surface area (Å²) in [7, 11) is 3.17. The molecule has 4 nitrogen and oxygen atoms in total. The molecule has 0 spiro atoms. The highest BCUT2D eigenvalue weighted by molar-refractivity contribution is 5.42. The van der Waals surface area contributed by atoms with Crippen LogP contribution in [0.25, 0.3) is 0 Å². The van der Waals surface area contributed by atoms with Crippen LogP contribution in [-0.4, -0.2) is 31.9 Å². The Morgan fingerprint density at radius 2 is 2.11 bits per heavy atom. The van der Waals surface area contributed by atoms with E-state index < -0.39 is 6.10 Å². The van der Waals surface area contributed by atoms with Gasteiger partial charge in [0.1, 0.15) is 11.5 Å². The summed E-state index contributed by atoms with van der Waals surface area (Å²) < 4.78 is 10.4. The molecule has 0 saturated heterocycles. The second-order valence-electron chi connectivity index (χ2n) is 4.04. The van der Waals surface area contributed by atoms with Crippen LogP contribution in [0.5, 0.6) is 11.5 Å². The molecular weight excluding hydrogens is 230 g/mol. The zero-order valence-electron chi connectivity index (χ0n) is 11.1. The molecule has 2 unspecified atom stereocenters. The van der Waals surface area contributed by atoms with Crippen molar-refractivity contribution in [1.82, 2.24) is 5.32 Å². The first kappa shape index (κ1) is 14.5. The molecule has 1 rings (SSSR count). The summed E-state index contributed by atoms with van der Waals surface area (Å²) in [6.07, 6.45) is 1.11. The second-order valence-corrected chi connectivity index (χ2v) is 4.04. The molecule has 2 N–H and O–H groups in total. The summed E-state index contributed by atoms with van der Waals surface area (Å²) in [6, 6.07) is 5.29. The molecule has 0 aromatic heterocycles. The highest BCUT2D eigenvalue weighted by atomic mass is 16.5. The molecule has 0 aliphatic heterocycles. The monoisotopic (exact) mass is 251 g/mol. The maximum atomic E-state index is 10.3. The summed E-state index contributed by atoms with van der Waals surface area (Å²) >= 11 is 0. The Kier molecular flexibility index (Phi) is 5.68. The van der Waals surface area contributed by atoms with Gasteiger partial charge in [-0.3, -0.25) is 0 Å². The quantitative estimate of drug-likeness (QED) is 0.727. The largest absolute Gasteiger partial charge is 0.497 e. The number of hydrogen-bond donors (Lipinski definition) is 2. The highest BCUT2D eigenvalue weighted by Gasteiger charge is 2.19. The minimum atomic E-state index is -0.647. The van der Waals surface area contributed by atoms with Gasteiger partial charge in [0.25, 0.3) is 0 Å². The summed E-state index contributed by atoms with van der Waals surface area (Å²) in [5.74, 6) is 1.32. The SMILES string of the molecule is C=CCNC(C)C(O)c1ccc(OC)cc1OC. The fourth-order valence-electron chi connectivity index (χ4n) is 1.71. The molecule has 0 radical (unpaired) electrons. The number of hydrogen-bond acceptors (Lipinski definition) is 4. The lowest BCUT2D eigenvalue weighted by Crippen LogP contribution is -2.32. The average Bonchev–Trinajstić information content (AvgIpc) is 2.43. The third-order valence-corrected chi connectivity index (χ3v) is 2.82. The maximum absolute atomic E-state index is 10.3. The van der Waals surface area contributed by atoms with Crippen molar-refractivity contribution < 1.29 is 14.6 Å². The van der Waals surface area contributed by atoms with Gasteiger partial charge in [-0.25, -0.2) is 0 Å². The zero-order chi connectivity index (χ0) is 13.5. The van der Waals surface area contributed by atoms with E-state index in [4.69, 9.17) is 9.47 Å². The minimum Gasteiger partial charge on any atom is -0.497 e. The molecule has 0 fully saturated rings. The molecule has 0 aliphatic carbocycles. The van der Waals surface area contributed by atoms with E-state index in [0.717, 1.165) is 5.56 Å². The Labute approximate surface area is 108 Å². The zero-order valence-corrected chi connectivity index (χ0v) is 11.1. The van der Waals surface area contributed by atoms with E-state index >= 15 is 0 Å². The number of ether oxygens (including phenoxy) is 2. The number of nitrogens with one attached hydrogen (secondary N) is 1. The van der Waals surface area contributed by atoms with Crippen molar-refractivity contribution >= 4 is 0 Å². The van der Waals surface area contributed by atoms with Gasteiger partial charge in [0.05, 0.1) is 20.3 Å². The van der Waals surface area contributed by atoms with E-state index in [1.807, 2.05) is 13.0 Å². The predicted octanol–water partition coefficient (Wildman–Crippen LogP) is 1.90. The topological polar surface area (TPSA) is 50.7 Å². The van der Waals surface area contributed by atoms with Gasteiger partial charge < -0.3 is 19.9 Å². The lowest BCUT2D eigenvalue weighted by atomic mass is 10.0. The van der Waals surface area contributed by atoms with Crippen LogP contribution in [0, 0.1) is 0 Å². The molecule has 1 aromatic rings. The Bertz CT molecular complexity index is 393. The van der Waals surface area contributed by atoms with Crippen LogP contribution < -0.4 is 14.8 Å². The van der Waals surface area contributed by atoms with E-state index in [9.17, 15) is 5.11 Å². The Balaban J connectivity index is 2.90. The molecular formula is C14H21NO3. The van der Waals surface area contributed by atoms with Crippen molar-refractivity contribution in [2.75, 3.05) is 20.8 Å². The van der Waals surface area contributed by atoms with Crippen LogP contribution >= 0.6 is 0 Å². The molecule has 1 aromatic carbocycles. The average molecular weight is 251 g/mol. The minimum absolute atomic E-state index is 0.0923. The first-order valence-electron chi connectivity index (χ1n) is 5.88. The Morgan fingerprint density at radius 1 is 1.39 bits per heavy atom. The molecule has 0 bridgehead atoms. The maximum Gasteiger partial charge on any atom is 0.128 e. The normalized spacial score (nSPS) is 13.8. The van der Waals surface area contributed by atoms with Gasteiger partial charge in [-0.05, 0) is 19.1 Å². The molecule has 0 saturated carbocycles. The molecule has 2 atom stereocenters. The van der Waals surface area contributed by atoms with Crippen LogP contribution in [0.1, 0.15) is 18.6 Å². The lowest BCUT2D eigenvalue weighted by molar-refractivity contribution is 0.134. The van der Waals surface area contributed by atoms with E-state index in [-0.39, 0.29) is 6.04 Å². The van der Waals surface area contributed by atoms with Gasteiger partial charge in [-0.2, -0.15) is 0 Å². The molecule has 100 valence electrons. The molecule has 0 amide bonds. The number of methoxy groups -OCH3 is 2. The van der Waals surface area contributed by atoms with Crippen molar-refractivity contribution in [1.29, 1.82) is 0 Å². The fourth-order valence-corrected chi connectivity index (χ4v) is 1.71. The van der Waals surface area contributed by atoms with Crippen molar-refractivity contribution in [3.63, 3.8) is 0 Å². The summed E-state index contributed by atoms with van der Waals surface area (Å²) in [5.41, 5.74) is 0.738. The number of aliphatic hydroxyl groups excluding tert-OH is 1. The van der Waals surface area contributed by atoms with E-state index in [0.29, 0.717) is 18.0 Å². The van der Waals surface area contributed by atoms with Gasteiger partial charge in [0, 0.05) is 24.2 Å². The van der Waals surface area contributed by atoms with Crippen molar-refractivity contribution in [2.45, 2.75) is 19.1 Å². The second kappa shape index (κ2) is 7.03. The summed E-state index contributed by atoms with van der Waals surface area (Å²) in [6.45, 7) is 6.20. The van der Waals surface area contributed by atoms with Crippen LogP contribution in [-0.2, 0) is 0 Å². The molecule has 4 heteroatoms. The van der Waals surface area contributed by atoms with Gasteiger partial charge in [0.15, 0.2) is 0 Å². The van der Waals surface area contributed by atoms with Crippen LogP contribution in [0.3, 0.4) is 0 Å². The number of aliphatic hydroxyl groups is 1. The van der Waals surface area contributed by atoms with E-state index in [2.05, 4.69) is 11.9 Å². The van der Waals surface area contributed by atoms with Gasteiger partial charge >= 0.3 is 0 Å². The van der Waals surface area contributed by atoms with Crippen LogP contribution in [0.4, 0.5) is 0 Å². The summed E-state index contributed by atoms with van der Waals surface area (Å²) in [5, 5.41) is 13.4. The molecule has 0 aliphatic rings. The smallest absolute Gasteiger partial charge is 0.128 e. The van der Waals surface area contributed by atoms with Crippen molar-refractivity contribution in [3.8, 4) is 11.5 Å². The third kappa shape index (κ3) is 3.48. The van der Waals surface area contributed by atoms with Gasteiger partial charge in [0.2, 0.25) is 0 Å². The summed E-state index contributed by atoms with van der Waals surface area (Å²) in [4.78, 5) is 0. The molecule has 18 heavy (non-hydrogen) atoms. The van der Waals surface area contributed by atoms with Crippen LogP contribution in [0.2, 0.25) is 0 Å². The van der Waals surface area contributed by atoms with E-state index in [1.54, 1.807) is 32.4 Å². The number of benzene rings is 1. The van der Waals surface area contributed by atoms with Crippen molar-refractivity contribution in [3.05, 3.63) is 36.4 Å². The highest BCUT2D eigenvalue weighted by Crippen LogP contribution is 2.30. The molecule has 0 heterocycles. The first-order chi connectivity index (χ1) is 8.63. The Morgan fingerprint density at radius 3 is 2.67 bits per heavy atom. The van der Waals surface area contributed by atoms with E-state index in [1.165, 1.54) is 0 Å². The Hall–Kier alpha value is -1.52. The fraction of sp³-hybridized carbons (Fsp3) is 0.429. The first-order valence-corrected chi connectivity index (χ1v) is 5.88. The van der Waals surface area contributed by atoms with Gasteiger partial charge in [-0.15, -0.1) is 6.58 Å². The van der Waals surface area contributed by atoms with Crippen LogP contribution in [0.15, 0.2) is 30.9 Å². The third-order valence-electron chi connectivity index (χ3n) is 2.82. The van der Waals surface area contributed by atoms with Gasteiger partial charge in [-0.1, -0.05) is 6.08 Å². The van der Waals surface area contributed by atoms with Crippen molar-refractivity contribution in [2.24, 2.45) is 0 Å². The lowest BCUT2D eigenvalue weighted by Gasteiger charge is -2.22. The number of rotatable bonds is 7.